The summed E-state index contributed by atoms with van der Waals surface area (Å²) in [5.41, 5.74) is 7.82. The number of allylic oxidation sites excluding steroid dienone is 1. The zero-order chi connectivity index (χ0) is 9.23. The van der Waals surface area contributed by atoms with Crippen molar-refractivity contribution in [2.45, 2.75) is 19.8 Å². The van der Waals surface area contributed by atoms with Gasteiger partial charge >= 0.3 is 6.09 Å². The minimum Gasteiger partial charge on any atom is -0.457 e. The zero-order valence-electron chi connectivity index (χ0n) is 6.93. The monoisotopic (exact) mass is 169 g/mol. The van der Waals surface area contributed by atoms with Gasteiger partial charge in [-0.2, -0.15) is 0 Å². The van der Waals surface area contributed by atoms with Crippen LogP contribution in [0.2, 0.25) is 0 Å². The van der Waals surface area contributed by atoms with Crippen LogP contribution in [0.3, 0.4) is 0 Å². The van der Waals surface area contributed by atoms with Crippen molar-refractivity contribution in [1.29, 1.82) is 0 Å². The van der Waals surface area contributed by atoms with Gasteiger partial charge in [-0.3, -0.25) is 0 Å². The second-order valence-corrected chi connectivity index (χ2v) is 2.03. The topological polar surface area (TPSA) is 75.1 Å². The standard InChI is InChI=1S/C7H11N3O2/c1-2-3-4-5-6-12-7(11)9-10-8/h4-5H,2-3,6H2,1H3/b5-4-. The van der Waals surface area contributed by atoms with Crippen molar-refractivity contribution in [2.24, 2.45) is 5.11 Å². The van der Waals surface area contributed by atoms with E-state index in [9.17, 15) is 4.79 Å². The van der Waals surface area contributed by atoms with E-state index < -0.39 is 6.09 Å². The number of ether oxygens (including phenoxy) is 1. The molecule has 0 aromatic carbocycles. The predicted octanol–water partition coefficient (Wildman–Crippen LogP) is 2.79. The lowest BCUT2D eigenvalue weighted by Crippen LogP contribution is -1.96. The minimum atomic E-state index is -0.890. The molecule has 0 spiro atoms. The second-order valence-electron chi connectivity index (χ2n) is 2.03. The van der Waals surface area contributed by atoms with Gasteiger partial charge in [0.1, 0.15) is 6.61 Å². The molecule has 1 amide bonds. The molecule has 0 aromatic rings. The van der Waals surface area contributed by atoms with E-state index in [1.165, 1.54) is 0 Å². The van der Waals surface area contributed by atoms with E-state index in [2.05, 4.69) is 21.7 Å². The van der Waals surface area contributed by atoms with Crippen LogP contribution in [0.5, 0.6) is 0 Å². The molecule has 0 unspecified atom stereocenters. The summed E-state index contributed by atoms with van der Waals surface area (Å²) in [6, 6.07) is 0. The Morgan fingerprint density at radius 1 is 1.67 bits per heavy atom. The number of azide groups is 1. The quantitative estimate of drug-likeness (QED) is 0.281. The van der Waals surface area contributed by atoms with E-state index in [1.807, 2.05) is 6.08 Å². The summed E-state index contributed by atoms with van der Waals surface area (Å²) < 4.78 is 4.48. The van der Waals surface area contributed by atoms with Crippen LogP contribution in [-0.4, -0.2) is 12.7 Å². The Morgan fingerprint density at radius 2 is 2.42 bits per heavy atom. The third kappa shape index (κ3) is 6.64. The van der Waals surface area contributed by atoms with E-state index in [-0.39, 0.29) is 6.61 Å². The molecule has 0 rings (SSSR count). The van der Waals surface area contributed by atoms with Crippen molar-refractivity contribution >= 4 is 6.09 Å². The van der Waals surface area contributed by atoms with E-state index in [4.69, 9.17) is 5.53 Å². The lowest BCUT2D eigenvalue weighted by Gasteiger charge is -1.93. The van der Waals surface area contributed by atoms with Gasteiger partial charge in [-0.05, 0) is 12.0 Å². The first-order chi connectivity index (χ1) is 5.81. The van der Waals surface area contributed by atoms with Gasteiger partial charge in [0.25, 0.3) is 0 Å². The molecule has 0 saturated carbocycles. The largest absolute Gasteiger partial charge is 0.457 e. The Balaban J connectivity index is 3.42. The highest BCUT2D eigenvalue weighted by Gasteiger charge is 1.92. The van der Waals surface area contributed by atoms with Crippen LogP contribution in [0.25, 0.3) is 10.4 Å². The number of hydrogen-bond acceptors (Lipinski definition) is 2. The van der Waals surface area contributed by atoms with E-state index in [0.29, 0.717) is 0 Å². The van der Waals surface area contributed by atoms with Crippen LogP contribution >= 0.6 is 0 Å². The van der Waals surface area contributed by atoms with Crippen LogP contribution in [0, 0.1) is 0 Å². The van der Waals surface area contributed by atoms with Crippen LogP contribution in [0.15, 0.2) is 17.3 Å². The number of amides is 1. The molecule has 5 heteroatoms. The van der Waals surface area contributed by atoms with Gasteiger partial charge in [0.05, 0.1) is 0 Å². The van der Waals surface area contributed by atoms with Crippen molar-refractivity contribution < 1.29 is 9.53 Å². The average molecular weight is 169 g/mol. The zero-order valence-corrected chi connectivity index (χ0v) is 6.93. The highest BCUT2D eigenvalue weighted by atomic mass is 16.5. The SMILES string of the molecule is CCC/C=C\COC(=O)N=[N+]=[N-]. The van der Waals surface area contributed by atoms with Gasteiger partial charge in [-0.1, -0.05) is 25.5 Å². The number of nitrogens with zero attached hydrogens (tertiary/aromatic N) is 3. The lowest BCUT2D eigenvalue weighted by atomic mass is 10.3. The summed E-state index contributed by atoms with van der Waals surface area (Å²) in [6.45, 7) is 2.22. The third-order valence-electron chi connectivity index (χ3n) is 1.05. The predicted molar refractivity (Wildman–Crippen MR) is 44.5 cm³/mol. The van der Waals surface area contributed by atoms with Gasteiger partial charge in [-0.15, -0.1) is 0 Å². The fraction of sp³-hybridized carbons (Fsp3) is 0.571. The molecule has 0 heterocycles. The van der Waals surface area contributed by atoms with Crippen molar-refractivity contribution in [3.05, 3.63) is 22.6 Å². The van der Waals surface area contributed by atoms with Gasteiger partial charge < -0.3 is 4.74 Å². The Bertz CT molecular complexity index is 207. The highest BCUT2D eigenvalue weighted by Crippen LogP contribution is 1.90. The van der Waals surface area contributed by atoms with Crippen LogP contribution < -0.4 is 0 Å². The first kappa shape index (κ1) is 10.5. The molecule has 66 valence electrons. The molecular formula is C7H11N3O2. The Morgan fingerprint density at radius 3 is 3.00 bits per heavy atom. The van der Waals surface area contributed by atoms with E-state index >= 15 is 0 Å². The smallest absolute Gasteiger partial charge is 0.397 e. The van der Waals surface area contributed by atoms with Crippen LogP contribution in [-0.2, 0) is 4.74 Å². The maximum Gasteiger partial charge on any atom is 0.397 e. The Labute approximate surface area is 70.6 Å². The second kappa shape index (κ2) is 7.63. The molecule has 0 bridgehead atoms. The molecule has 0 saturated heterocycles. The number of carbonyl (C=O) groups excluding carboxylic acids is 1. The fourth-order valence-corrected chi connectivity index (χ4v) is 0.537. The molecule has 0 N–H and O–H groups in total. The van der Waals surface area contributed by atoms with Crippen LogP contribution in [0.4, 0.5) is 4.79 Å². The van der Waals surface area contributed by atoms with Crippen molar-refractivity contribution in [2.75, 3.05) is 6.61 Å². The maximum absolute atomic E-state index is 10.4. The summed E-state index contributed by atoms with van der Waals surface area (Å²) in [6.07, 6.45) is 4.75. The molecule has 0 atom stereocenters. The highest BCUT2D eigenvalue weighted by molar-refractivity contribution is 5.68. The molecule has 0 aromatic heterocycles. The molecule has 0 aliphatic heterocycles. The first-order valence-electron chi connectivity index (χ1n) is 3.68. The number of unbranched alkanes of at least 4 members (excludes halogenated alkanes) is 1. The number of hydrogen-bond donors (Lipinski definition) is 0. The number of rotatable bonds is 4. The molecule has 5 nitrogen and oxygen atoms in total. The lowest BCUT2D eigenvalue weighted by molar-refractivity contribution is 0.169. The van der Waals surface area contributed by atoms with Gasteiger partial charge in [-0.25, -0.2) is 4.79 Å². The molecular weight excluding hydrogens is 158 g/mol. The number of carbonyl (C=O) groups is 1. The maximum atomic E-state index is 10.4. The van der Waals surface area contributed by atoms with E-state index in [0.717, 1.165) is 12.8 Å². The summed E-state index contributed by atoms with van der Waals surface area (Å²) in [5, 5.41) is 2.73. The third-order valence-corrected chi connectivity index (χ3v) is 1.05. The minimum absolute atomic E-state index is 0.165. The summed E-state index contributed by atoms with van der Waals surface area (Å²) in [7, 11) is 0. The Hall–Kier alpha value is -1.48. The van der Waals surface area contributed by atoms with Gasteiger partial charge in [0.15, 0.2) is 0 Å². The van der Waals surface area contributed by atoms with Crippen molar-refractivity contribution in [1.82, 2.24) is 0 Å². The van der Waals surface area contributed by atoms with Gasteiger partial charge in [0, 0.05) is 10.0 Å². The average Bonchev–Trinajstić information content (AvgIpc) is 2.05. The molecule has 0 aliphatic carbocycles. The summed E-state index contributed by atoms with van der Waals surface area (Å²) >= 11 is 0. The molecule has 0 aliphatic rings. The van der Waals surface area contributed by atoms with Crippen molar-refractivity contribution in [3.63, 3.8) is 0 Å². The van der Waals surface area contributed by atoms with Crippen molar-refractivity contribution in [3.8, 4) is 0 Å². The Kier molecular flexibility index (Phi) is 6.68. The van der Waals surface area contributed by atoms with E-state index in [1.54, 1.807) is 6.08 Å². The summed E-state index contributed by atoms with van der Waals surface area (Å²) in [4.78, 5) is 12.7. The molecule has 0 radical (unpaired) electrons. The fourth-order valence-electron chi connectivity index (χ4n) is 0.537. The van der Waals surface area contributed by atoms with Crippen LogP contribution in [0.1, 0.15) is 19.8 Å². The normalized spacial score (nSPS) is 9.42. The van der Waals surface area contributed by atoms with Gasteiger partial charge in [0.2, 0.25) is 0 Å². The summed E-state index contributed by atoms with van der Waals surface area (Å²) in [5.74, 6) is 0. The molecule has 0 fully saturated rings. The first-order valence-corrected chi connectivity index (χ1v) is 3.68. The molecule has 12 heavy (non-hydrogen) atoms.